The number of nitrogens with one attached hydrogen (secondary N) is 1. The molecule has 0 saturated heterocycles. The molecule has 2 N–H and O–H groups in total. The Labute approximate surface area is 131 Å². The molecule has 6 nitrogen and oxygen atoms in total. The molecule has 0 bridgehead atoms. The number of hydrogen-bond acceptors (Lipinski definition) is 4. The van der Waals surface area contributed by atoms with Gasteiger partial charge in [0.05, 0.1) is 10.6 Å². The van der Waals surface area contributed by atoms with Gasteiger partial charge in [0.1, 0.15) is 5.75 Å². The smallest absolute Gasteiger partial charge is 0.243 e. The van der Waals surface area contributed by atoms with E-state index in [1.807, 2.05) is 0 Å². The molecular formula is C15H22N2O4S. The molecule has 22 heavy (non-hydrogen) atoms. The molecule has 1 aromatic carbocycles. The summed E-state index contributed by atoms with van der Waals surface area (Å²) in [7, 11) is -3.62. The molecule has 0 heterocycles. The molecule has 1 saturated carbocycles. The van der Waals surface area contributed by atoms with E-state index in [9.17, 15) is 18.3 Å². The molecule has 0 radical (unpaired) electrons. The number of sulfonamides is 1. The third-order valence-corrected chi connectivity index (χ3v) is 6.09. The summed E-state index contributed by atoms with van der Waals surface area (Å²) in [5.41, 5.74) is 0.144. The maximum Gasteiger partial charge on any atom is 0.243 e. The molecule has 1 fully saturated rings. The molecular weight excluding hydrogens is 304 g/mol. The van der Waals surface area contributed by atoms with Crippen LogP contribution < -0.4 is 5.32 Å². The number of nitrogens with zero attached hydrogens (tertiary/aromatic N) is 1. The maximum absolute atomic E-state index is 12.5. The van der Waals surface area contributed by atoms with Crippen LogP contribution in [0.3, 0.4) is 0 Å². The van der Waals surface area contributed by atoms with Crippen LogP contribution in [0.25, 0.3) is 0 Å². The van der Waals surface area contributed by atoms with Crippen molar-refractivity contribution < 1.29 is 18.3 Å². The lowest BCUT2D eigenvalue weighted by atomic mass is 9.85. The van der Waals surface area contributed by atoms with E-state index in [1.165, 1.54) is 22.5 Å². The van der Waals surface area contributed by atoms with Crippen molar-refractivity contribution in [1.29, 1.82) is 0 Å². The highest BCUT2D eigenvalue weighted by molar-refractivity contribution is 7.89. The van der Waals surface area contributed by atoms with Crippen LogP contribution in [-0.2, 0) is 14.8 Å². The zero-order valence-electron chi connectivity index (χ0n) is 12.9. The average Bonchev–Trinajstić information content (AvgIpc) is 2.40. The van der Waals surface area contributed by atoms with Crippen LogP contribution in [0.5, 0.6) is 5.75 Å². The van der Waals surface area contributed by atoms with Crippen LogP contribution in [0.2, 0.25) is 0 Å². The van der Waals surface area contributed by atoms with E-state index in [-0.39, 0.29) is 28.2 Å². The normalized spacial score (nSPS) is 15.6. The standard InChI is InChI=1S/C15H22N2O4S/c1-3-17(4-2)22(20,21)12-8-9-14(18)13(10-12)16-15(19)11-6-5-7-11/h8-11,18H,3-7H2,1-2H3,(H,16,19). The molecule has 0 aliphatic heterocycles. The Morgan fingerprint density at radius 2 is 1.95 bits per heavy atom. The van der Waals surface area contributed by atoms with Crippen molar-refractivity contribution in [1.82, 2.24) is 4.31 Å². The van der Waals surface area contributed by atoms with Gasteiger partial charge in [0.2, 0.25) is 15.9 Å². The second kappa shape index (κ2) is 6.66. The van der Waals surface area contributed by atoms with Crippen molar-refractivity contribution in [3.05, 3.63) is 18.2 Å². The van der Waals surface area contributed by atoms with Crippen molar-refractivity contribution in [3.8, 4) is 5.75 Å². The Morgan fingerprint density at radius 3 is 2.45 bits per heavy atom. The summed E-state index contributed by atoms with van der Waals surface area (Å²) in [4.78, 5) is 12.0. The summed E-state index contributed by atoms with van der Waals surface area (Å²) in [5.74, 6) is -0.340. The fourth-order valence-corrected chi connectivity index (χ4v) is 3.88. The van der Waals surface area contributed by atoms with Gasteiger partial charge in [0.15, 0.2) is 0 Å². The lowest BCUT2D eigenvalue weighted by molar-refractivity contribution is -0.122. The van der Waals surface area contributed by atoms with Gasteiger partial charge < -0.3 is 10.4 Å². The largest absolute Gasteiger partial charge is 0.506 e. The Bertz CT molecular complexity index is 650. The minimum absolute atomic E-state index is 0.0394. The van der Waals surface area contributed by atoms with Crippen LogP contribution in [-0.4, -0.2) is 36.8 Å². The minimum Gasteiger partial charge on any atom is -0.506 e. The summed E-state index contributed by atoms with van der Waals surface area (Å²) < 4.78 is 26.3. The predicted molar refractivity (Wildman–Crippen MR) is 84.2 cm³/mol. The quantitative estimate of drug-likeness (QED) is 0.784. The van der Waals surface area contributed by atoms with Crippen molar-refractivity contribution in [2.24, 2.45) is 5.92 Å². The van der Waals surface area contributed by atoms with Crippen LogP contribution in [0.4, 0.5) is 5.69 Å². The second-order valence-electron chi connectivity index (χ2n) is 5.39. The zero-order chi connectivity index (χ0) is 16.3. The fraction of sp³-hybridized carbons (Fsp3) is 0.533. The highest BCUT2D eigenvalue weighted by Gasteiger charge is 2.27. The van der Waals surface area contributed by atoms with Crippen LogP contribution in [0, 0.1) is 5.92 Å². The van der Waals surface area contributed by atoms with Gasteiger partial charge in [-0.3, -0.25) is 4.79 Å². The number of carbonyl (C=O) groups excluding carboxylic acids is 1. The van der Waals surface area contributed by atoms with Gasteiger partial charge in [-0.25, -0.2) is 8.42 Å². The lowest BCUT2D eigenvalue weighted by Crippen LogP contribution is -2.31. The topological polar surface area (TPSA) is 86.7 Å². The number of benzene rings is 1. The van der Waals surface area contributed by atoms with Crippen molar-refractivity contribution in [2.75, 3.05) is 18.4 Å². The van der Waals surface area contributed by atoms with Crippen LogP contribution in [0.15, 0.2) is 23.1 Å². The summed E-state index contributed by atoms with van der Waals surface area (Å²) >= 11 is 0. The number of phenolic OH excluding ortho intramolecular Hbond substituents is 1. The van der Waals surface area contributed by atoms with Gasteiger partial charge in [-0.2, -0.15) is 4.31 Å². The van der Waals surface area contributed by atoms with Crippen LogP contribution >= 0.6 is 0 Å². The van der Waals surface area contributed by atoms with E-state index in [1.54, 1.807) is 13.8 Å². The van der Waals surface area contributed by atoms with E-state index in [0.29, 0.717) is 13.1 Å². The molecule has 122 valence electrons. The van der Waals surface area contributed by atoms with Gasteiger partial charge in [-0.15, -0.1) is 0 Å². The van der Waals surface area contributed by atoms with Gasteiger partial charge in [-0.05, 0) is 31.0 Å². The SMILES string of the molecule is CCN(CC)S(=O)(=O)c1ccc(O)c(NC(=O)C2CCC2)c1. The van der Waals surface area contributed by atoms with Gasteiger partial charge in [0, 0.05) is 19.0 Å². The summed E-state index contributed by atoms with van der Waals surface area (Å²) in [6.45, 7) is 4.26. The average molecular weight is 326 g/mol. The minimum atomic E-state index is -3.62. The molecule has 0 atom stereocenters. The molecule has 1 amide bonds. The van der Waals surface area contributed by atoms with E-state index >= 15 is 0 Å². The highest BCUT2D eigenvalue weighted by Crippen LogP contribution is 2.31. The van der Waals surface area contributed by atoms with Gasteiger partial charge in [-0.1, -0.05) is 20.3 Å². The first-order valence-electron chi connectivity index (χ1n) is 7.54. The van der Waals surface area contributed by atoms with E-state index < -0.39 is 10.0 Å². The third kappa shape index (κ3) is 3.25. The molecule has 1 aliphatic carbocycles. The number of amides is 1. The Balaban J connectivity index is 2.27. The molecule has 2 rings (SSSR count). The molecule has 0 aromatic heterocycles. The van der Waals surface area contributed by atoms with Crippen molar-refractivity contribution >= 4 is 21.6 Å². The number of carbonyl (C=O) groups is 1. The fourth-order valence-electron chi connectivity index (χ4n) is 2.39. The molecule has 7 heteroatoms. The highest BCUT2D eigenvalue weighted by atomic mass is 32.2. The monoisotopic (exact) mass is 326 g/mol. The molecule has 0 spiro atoms. The van der Waals surface area contributed by atoms with Crippen molar-refractivity contribution in [3.63, 3.8) is 0 Å². The number of hydrogen-bond donors (Lipinski definition) is 2. The summed E-state index contributed by atoms with van der Waals surface area (Å²) in [6.07, 6.45) is 2.70. The first kappa shape index (κ1) is 16.8. The van der Waals surface area contributed by atoms with E-state index in [4.69, 9.17) is 0 Å². The van der Waals surface area contributed by atoms with Crippen LogP contribution in [0.1, 0.15) is 33.1 Å². The maximum atomic E-state index is 12.5. The number of aromatic hydroxyl groups is 1. The van der Waals surface area contributed by atoms with Gasteiger partial charge >= 0.3 is 0 Å². The molecule has 0 unspecified atom stereocenters. The number of phenols is 1. The van der Waals surface area contributed by atoms with E-state index in [2.05, 4.69) is 5.32 Å². The number of rotatable bonds is 6. The first-order valence-corrected chi connectivity index (χ1v) is 8.98. The van der Waals surface area contributed by atoms with E-state index in [0.717, 1.165) is 19.3 Å². The summed E-state index contributed by atoms with van der Waals surface area (Å²) in [5, 5.41) is 12.5. The summed E-state index contributed by atoms with van der Waals surface area (Å²) in [6, 6.07) is 3.97. The lowest BCUT2D eigenvalue weighted by Gasteiger charge is -2.24. The Hall–Kier alpha value is -1.60. The zero-order valence-corrected chi connectivity index (χ0v) is 13.7. The van der Waals surface area contributed by atoms with Crippen molar-refractivity contribution in [2.45, 2.75) is 38.0 Å². The number of anilines is 1. The van der Waals surface area contributed by atoms with Gasteiger partial charge in [0.25, 0.3) is 0 Å². The second-order valence-corrected chi connectivity index (χ2v) is 7.32. The Morgan fingerprint density at radius 1 is 1.32 bits per heavy atom. The predicted octanol–water partition coefficient (Wildman–Crippen LogP) is 2.16. The Kier molecular flexibility index (Phi) is 5.08. The molecule has 1 aliphatic rings. The third-order valence-electron chi connectivity index (χ3n) is 4.05. The first-order chi connectivity index (χ1) is 10.4. The molecule has 1 aromatic rings.